The van der Waals surface area contributed by atoms with Crippen LogP contribution in [0.1, 0.15) is 42.5 Å². The topological polar surface area (TPSA) is 90.5 Å². The van der Waals surface area contributed by atoms with Crippen molar-refractivity contribution < 1.29 is 14.7 Å². The second kappa shape index (κ2) is 8.45. The van der Waals surface area contributed by atoms with E-state index in [2.05, 4.69) is 16.0 Å². The molecule has 1 saturated carbocycles. The molecule has 6 nitrogen and oxygen atoms in total. The molecule has 6 heteroatoms. The minimum absolute atomic E-state index is 0.0399. The number of carbonyl (C=O) groups excluding carboxylic acids is 2. The molecule has 25 heavy (non-hydrogen) atoms. The average molecular weight is 345 g/mol. The molecule has 1 aliphatic carbocycles. The number of aliphatic hydroxyl groups excluding tert-OH is 1. The van der Waals surface area contributed by atoms with Gasteiger partial charge in [0.15, 0.2) is 0 Å². The Morgan fingerprint density at radius 3 is 2.68 bits per heavy atom. The minimum Gasteiger partial charge on any atom is -0.391 e. The molecule has 2 unspecified atom stereocenters. The Balaban J connectivity index is 1.54. The summed E-state index contributed by atoms with van der Waals surface area (Å²) in [6, 6.07) is 7.02. The highest BCUT2D eigenvalue weighted by Gasteiger charge is 2.25. The second-order valence-electron chi connectivity index (χ2n) is 7.10. The number of benzene rings is 1. The van der Waals surface area contributed by atoms with Crippen LogP contribution in [0.3, 0.4) is 0 Å². The number of anilines is 1. The third-order valence-electron chi connectivity index (χ3n) is 5.20. The first kappa shape index (κ1) is 17.9. The van der Waals surface area contributed by atoms with Gasteiger partial charge in [-0.15, -0.1) is 0 Å². The van der Waals surface area contributed by atoms with E-state index in [0.29, 0.717) is 30.9 Å². The van der Waals surface area contributed by atoms with E-state index in [4.69, 9.17) is 0 Å². The zero-order chi connectivity index (χ0) is 17.6. The van der Waals surface area contributed by atoms with Gasteiger partial charge in [0.25, 0.3) is 5.91 Å². The van der Waals surface area contributed by atoms with E-state index in [0.717, 1.165) is 25.7 Å². The summed E-state index contributed by atoms with van der Waals surface area (Å²) >= 11 is 0. The number of nitrogens with one attached hydrogen (secondary N) is 3. The predicted molar refractivity (Wildman–Crippen MR) is 96.3 cm³/mol. The van der Waals surface area contributed by atoms with Crippen LogP contribution >= 0.6 is 0 Å². The van der Waals surface area contributed by atoms with Gasteiger partial charge in [0.05, 0.1) is 6.10 Å². The lowest BCUT2D eigenvalue weighted by atomic mass is 9.88. The van der Waals surface area contributed by atoms with Crippen LogP contribution in [0.15, 0.2) is 24.3 Å². The standard InChI is InChI=1S/C19H27N3O3/c23-17-12-20-10-15(17)11-21-18(24)14-7-4-8-16(9-14)22-19(25)13-5-2-1-3-6-13/h4,7-9,13,15,17,20,23H,1-3,5-6,10-12H2,(H,21,24)(H,22,25). The van der Waals surface area contributed by atoms with Crippen molar-refractivity contribution in [1.82, 2.24) is 10.6 Å². The maximum absolute atomic E-state index is 12.3. The Kier molecular flexibility index (Phi) is 6.04. The van der Waals surface area contributed by atoms with Gasteiger partial charge in [0.2, 0.25) is 5.91 Å². The molecule has 1 aromatic carbocycles. The normalized spacial score (nSPS) is 24.0. The van der Waals surface area contributed by atoms with E-state index in [9.17, 15) is 14.7 Å². The Labute approximate surface area is 148 Å². The zero-order valence-electron chi connectivity index (χ0n) is 14.5. The molecule has 1 aliphatic heterocycles. The lowest BCUT2D eigenvalue weighted by Crippen LogP contribution is -2.34. The van der Waals surface area contributed by atoms with Crippen LogP contribution in [-0.4, -0.2) is 42.7 Å². The molecule has 1 aromatic rings. The van der Waals surface area contributed by atoms with E-state index in [1.165, 1.54) is 6.42 Å². The second-order valence-corrected chi connectivity index (χ2v) is 7.10. The van der Waals surface area contributed by atoms with Crippen LogP contribution in [0.5, 0.6) is 0 Å². The average Bonchev–Trinajstić information content (AvgIpc) is 3.05. The molecule has 1 saturated heterocycles. The molecule has 136 valence electrons. The van der Waals surface area contributed by atoms with Gasteiger partial charge < -0.3 is 21.1 Å². The highest BCUT2D eigenvalue weighted by molar-refractivity contribution is 5.97. The molecule has 1 heterocycles. The van der Waals surface area contributed by atoms with Crippen LogP contribution in [-0.2, 0) is 4.79 Å². The molecule has 2 amide bonds. The molecular formula is C19H27N3O3. The summed E-state index contributed by atoms with van der Waals surface area (Å²) in [5.74, 6) is -0.00833. The maximum atomic E-state index is 12.3. The summed E-state index contributed by atoms with van der Waals surface area (Å²) in [5, 5.41) is 18.7. The smallest absolute Gasteiger partial charge is 0.251 e. The van der Waals surface area contributed by atoms with E-state index in [1.54, 1.807) is 18.2 Å². The van der Waals surface area contributed by atoms with Crippen molar-refractivity contribution in [3.63, 3.8) is 0 Å². The molecule has 3 rings (SSSR count). The van der Waals surface area contributed by atoms with Crippen LogP contribution < -0.4 is 16.0 Å². The fourth-order valence-electron chi connectivity index (χ4n) is 3.60. The fraction of sp³-hybridized carbons (Fsp3) is 0.579. The highest BCUT2D eigenvalue weighted by atomic mass is 16.3. The molecule has 0 bridgehead atoms. The summed E-state index contributed by atoms with van der Waals surface area (Å²) in [6.45, 7) is 1.72. The van der Waals surface area contributed by atoms with Crippen LogP contribution in [0.2, 0.25) is 0 Å². The van der Waals surface area contributed by atoms with Crippen molar-refractivity contribution in [2.45, 2.75) is 38.2 Å². The van der Waals surface area contributed by atoms with Crippen LogP contribution in [0.25, 0.3) is 0 Å². The molecular weight excluding hydrogens is 318 g/mol. The van der Waals surface area contributed by atoms with Gasteiger partial charge in [-0.25, -0.2) is 0 Å². The van der Waals surface area contributed by atoms with Crippen molar-refractivity contribution in [3.05, 3.63) is 29.8 Å². The fourth-order valence-corrected chi connectivity index (χ4v) is 3.60. The van der Waals surface area contributed by atoms with Crippen LogP contribution in [0.4, 0.5) is 5.69 Å². The molecule has 0 spiro atoms. The van der Waals surface area contributed by atoms with E-state index >= 15 is 0 Å². The van der Waals surface area contributed by atoms with Crippen molar-refractivity contribution in [1.29, 1.82) is 0 Å². The SMILES string of the molecule is O=C(NCC1CNCC1O)c1cccc(NC(=O)C2CCCCC2)c1. The zero-order valence-corrected chi connectivity index (χ0v) is 14.5. The molecule has 4 N–H and O–H groups in total. The third-order valence-corrected chi connectivity index (χ3v) is 5.20. The van der Waals surface area contributed by atoms with Gasteiger partial charge in [-0.05, 0) is 31.0 Å². The van der Waals surface area contributed by atoms with Crippen molar-refractivity contribution in [2.75, 3.05) is 25.0 Å². The number of aliphatic hydroxyl groups is 1. The van der Waals surface area contributed by atoms with E-state index < -0.39 is 6.10 Å². The lowest BCUT2D eigenvalue weighted by molar-refractivity contribution is -0.120. The first-order valence-corrected chi connectivity index (χ1v) is 9.21. The monoisotopic (exact) mass is 345 g/mol. The van der Waals surface area contributed by atoms with Crippen LogP contribution in [0, 0.1) is 11.8 Å². The van der Waals surface area contributed by atoms with E-state index in [-0.39, 0.29) is 23.7 Å². The number of hydrogen-bond donors (Lipinski definition) is 4. The Hall–Kier alpha value is -1.92. The van der Waals surface area contributed by atoms with Gasteiger partial charge in [-0.2, -0.15) is 0 Å². The lowest BCUT2D eigenvalue weighted by Gasteiger charge is -2.20. The number of β-amino-alcohol motifs (C(OH)–C–C–N with tert-alkyl or cyclic N) is 1. The molecule has 2 aliphatic rings. The van der Waals surface area contributed by atoms with Crippen molar-refractivity contribution >= 4 is 17.5 Å². The van der Waals surface area contributed by atoms with Gasteiger partial charge in [0.1, 0.15) is 0 Å². The first-order valence-electron chi connectivity index (χ1n) is 9.21. The maximum Gasteiger partial charge on any atom is 0.251 e. The van der Waals surface area contributed by atoms with Gasteiger partial charge >= 0.3 is 0 Å². The summed E-state index contributed by atoms with van der Waals surface area (Å²) in [6.07, 6.45) is 4.92. The number of rotatable bonds is 5. The summed E-state index contributed by atoms with van der Waals surface area (Å²) in [7, 11) is 0. The predicted octanol–water partition coefficient (Wildman–Crippen LogP) is 1.52. The molecule has 2 fully saturated rings. The summed E-state index contributed by atoms with van der Waals surface area (Å²) < 4.78 is 0. The van der Waals surface area contributed by atoms with Crippen molar-refractivity contribution in [2.24, 2.45) is 11.8 Å². The first-order chi connectivity index (χ1) is 12.1. The van der Waals surface area contributed by atoms with Gasteiger partial charge in [0, 0.05) is 42.7 Å². The molecule has 2 atom stereocenters. The molecule has 0 aromatic heterocycles. The number of hydrogen-bond acceptors (Lipinski definition) is 4. The number of carbonyl (C=O) groups is 2. The van der Waals surface area contributed by atoms with Gasteiger partial charge in [-0.3, -0.25) is 9.59 Å². The largest absolute Gasteiger partial charge is 0.391 e. The Morgan fingerprint density at radius 2 is 1.96 bits per heavy atom. The van der Waals surface area contributed by atoms with Gasteiger partial charge in [-0.1, -0.05) is 25.3 Å². The quantitative estimate of drug-likeness (QED) is 0.651. The number of amides is 2. The van der Waals surface area contributed by atoms with E-state index in [1.807, 2.05) is 6.07 Å². The third kappa shape index (κ3) is 4.80. The Bertz CT molecular complexity index is 614. The molecule has 0 radical (unpaired) electrons. The summed E-state index contributed by atoms with van der Waals surface area (Å²) in [5.41, 5.74) is 1.17. The Morgan fingerprint density at radius 1 is 1.16 bits per heavy atom. The highest BCUT2D eigenvalue weighted by Crippen LogP contribution is 2.25. The van der Waals surface area contributed by atoms with Crippen molar-refractivity contribution in [3.8, 4) is 0 Å². The summed E-state index contributed by atoms with van der Waals surface area (Å²) in [4.78, 5) is 24.7. The minimum atomic E-state index is -0.415.